The summed E-state index contributed by atoms with van der Waals surface area (Å²) in [5, 5.41) is 14.3. The van der Waals surface area contributed by atoms with Crippen LogP contribution in [0.2, 0.25) is 0 Å². The molecule has 0 heterocycles. The highest BCUT2D eigenvalue weighted by Crippen LogP contribution is 2.31. The Kier molecular flexibility index (Phi) is 38.7. The van der Waals surface area contributed by atoms with E-state index in [1.807, 2.05) is 0 Å². The van der Waals surface area contributed by atoms with Crippen LogP contribution in [0.15, 0.2) is 0 Å². The number of unbranched alkanes of at least 4 members (excludes halogenated alkanes) is 3. The molecule has 1 atom stereocenters. The average Bonchev–Trinajstić information content (AvgIpc) is 3.24. The molecule has 0 rings (SSSR count). The Morgan fingerprint density at radius 3 is 1.27 bits per heavy atom. The minimum Gasteiger partial charge on any atom is -0.801 e. The monoisotopic (exact) mass is 928 g/mol. The van der Waals surface area contributed by atoms with E-state index in [1.165, 1.54) is 6.66 Å². The minimum atomic E-state index is -2.90. The molecule has 358 valence electrons. The third-order valence-electron chi connectivity index (χ3n) is 8.80. The molecule has 0 aliphatic rings. The van der Waals surface area contributed by atoms with E-state index < -0.39 is 12.0 Å². The van der Waals surface area contributed by atoms with Crippen LogP contribution in [0.5, 0.6) is 0 Å². The standard InChI is InChI=1S/C43H72N5O13PS/c1-5-25-55-32-35-58-29-22-45-39(50)15-18-43(19-16-40(51)46-23-30-59-36-33-56-26-6-2,20-17-41(52)47-24-31-60-37-34-57-27-7-3)48-42(53)14-12-13-38(49)44-21-10-8-9-11-28-61-62(4,54)63/h1-3H,8-37H2,4H3,(H,44,49)(H,45,50)(H,46,51)(H,47,52)(H,48,53)(H,54,63)/p-1. The van der Waals surface area contributed by atoms with Crippen LogP contribution in [-0.4, -0.2) is 154 Å². The van der Waals surface area contributed by atoms with Gasteiger partial charge < -0.3 is 64.4 Å². The van der Waals surface area contributed by atoms with Gasteiger partial charge in [0.25, 0.3) is 0 Å². The molecule has 0 aromatic heterocycles. The molecular formula is C43H71N5O13PS-. The smallest absolute Gasteiger partial charge is 0.220 e. The van der Waals surface area contributed by atoms with Crippen molar-refractivity contribution in [3.05, 3.63) is 0 Å². The van der Waals surface area contributed by atoms with E-state index in [0.717, 1.165) is 25.7 Å². The number of rotatable bonds is 43. The van der Waals surface area contributed by atoms with Gasteiger partial charge in [0.1, 0.15) is 19.8 Å². The summed E-state index contributed by atoms with van der Waals surface area (Å²) in [5.74, 6) is 5.59. The van der Waals surface area contributed by atoms with Crippen molar-refractivity contribution in [2.75, 3.05) is 119 Å². The van der Waals surface area contributed by atoms with E-state index in [4.69, 9.17) is 64.0 Å². The van der Waals surface area contributed by atoms with Gasteiger partial charge in [-0.2, -0.15) is 0 Å². The largest absolute Gasteiger partial charge is 0.801 e. The van der Waals surface area contributed by atoms with E-state index in [0.29, 0.717) is 52.8 Å². The summed E-state index contributed by atoms with van der Waals surface area (Å²) in [4.78, 5) is 76.7. The number of hydrogen-bond donors (Lipinski definition) is 5. The summed E-state index contributed by atoms with van der Waals surface area (Å²) < 4.78 is 37.0. The van der Waals surface area contributed by atoms with Gasteiger partial charge in [-0.1, -0.05) is 42.4 Å². The topological polar surface area (TPSA) is 233 Å². The number of terminal acetylenes is 3. The molecule has 0 aromatic carbocycles. The highest BCUT2D eigenvalue weighted by Gasteiger charge is 2.33. The molecule has 63 heavy (non-hydrogen) atoms. The number of ether oxygens (including phenoxy) is 6. The molecule has 5 N–H and O–H groups in total. The Bertz CT molecular complexity index is 1340. The lowest BCUT2D eigenvalue weighted by Gasteiger charge is -2.35. The van der Waals surface area contributed by atoms with Crippen LogP contribution < -0.4 is 31.5 Å². The second-order valence-corrected chi connectivity index (χ2v) is 18.0. The molecule has 0 bridgehead atoms. The van der Waals surface area contributed by atoms with E-state index in [-0.39, 0.29) is 147 Å². The summed E-state index contributed by atoms with van der Waals surface area (Å²) in [6.07, 6.45) is 19.3. The summed E-state index contributed by atoms with van der Waals surface area (Å²) in [6.45, 7) is 3.07. The molecule has 1 unspecified atom stereocenters. The number of amides is 5. The predicted molar refractivity (Wildman–Crippen MR) is 241 cm³/mol. The highest BCUT2D eigenvalue weighted by atomic mass is 32.5. The number of carbonyl (C=O) groups excluding carboxylic acids is 5. The maximum absolute atomic E-state index is 13.5. The van der Waals surface area contributed by atoms with Gasteiger partial charge in [0.2, 0.25) is 29.5 Å². The van der Waals surface area contributed by atoms with Gasteiger partial charge in [-0.05, 0) is 51.7 Å². The fourth-order valence-electron chi connectivity index (χ4n) is 5.62. The Morgan fingerprint density at radius 1 is 0.492 bits per heavy atom. The first-order valence-electron chi connectivity index (χ1n) is 21.4. The normalized spacial score (nSPS) is 11.9. The second kappa shape index (κ2) is 41.1. The van der Waals surface area contributed by atoms with Crippen molar-refractivity contribution in [3.8, 4) is 37.0 Å². The van der Waals surface area contributed by atoms with Gasteiger partial charge in [0.05, 0.1) is 66.1 Å². The molecule has 0 aliphatic carbocycles. The molecular weight excluding hydrogens is 858 g/mol. The van der Waals surface area contributed by atoms with Crippen LogP contribution in [0.1, 0.15) is 83.5 Å². The van der Waals surface area contributed by atoms with Crippen molar-refractivity contribution in [2.24, 2.45) is 0 Å². The van der Waals surface area contributed by atoms with E-state index in [2.05, 4.69) is 44.3 Å². The first kappa shape index (κ1) is 59.4. The third kappa shape index (κ3) is 40.9. The maximum atomic E-state index is 13.5. The highest BCUT2D eigenvalue weighted by molar-refractivity contribution is 8.08. The van der Waals surface area contributed by atoms with E-state index in [1.54, 1.807) is 0 Å². The Hall–Kier alpha value is -3.64. The fraction of sp³-hybridized carbons (Fsp3) is 0.744. The van der Waals surface area contributed by atoms with Crippen molar-refractivity contribution in [1.82, 2.24) is 26.6 Å². The zero-order chi connectivity index (χ0) is 46.7. The van der Waals surface area contributed by atoms with Crippen LogP contribution >= 0.6 is 6.49 Å². The van der Waals surface area contributed by atoms with Crippen LogP contribution in [-0.2, 0) is 68.7 Å². The van der Waals surface area contributed by atoms with Gasteiger partial charge in [-0.25, -0.2) is 0 Å². The van der Waals surface area contributed by atoms with Gasteiger partial charge in [0, 0.05) is 63.8 Å². The molecule has 5 amide bonds. The first-order valence-corrected chi connectivity index (χ1v) is 24.5. The second-order valence-electron chi connectivity index (χ2n) is 14.2. The molecule has 0 fully saturated rings. The molecule has 0 aliphatic heterocycles. The molecule has 20 heteroatoms. The zero-order valence-electron chi connectivity index (χ0n) is 37.1. The van der Waals surface area contributed by atoms with Crippen LogP contribution in [0.3, 0.4) is 0 Å². The Balaban J connectivity index is 5.56. The lowest BCUT2D eigenvalue weighted by atomic mass is 9.82. The summed E-state index contributed by atoms with van der Waals surface area (Å²) >= 11 is 4.75. The van der Waals surface area contributed by atoms with Gasteiger partial charge >= 0.3 is 0 Å². The fourth-order valence-corrected chi connectivity index (χ4v) is 6.31. The lowest BCUT2D eigenvalue weighted by molar-refractivity contribution is -0.180. The summed E-state index contributed by atoms with van der Waals surface area (Å²) in [7, 11) is 0. The van der Waals surface area contributed by atoms with Crippen LogP contribution in [0, 0.1) is 37.0 Å². The van der Waals surface area contributed by atoms with Crippen LogP contribution in [0.25, 0.3) is 0 Å². The Morgan fingerprint density at radius 2 is 0.857 bits per heavy atom. The zero-order valence-corrected chi connectivity index (χ0v) is 38.8. The van der Waals surface area contributed by atoms with Crippen molar-refractivity contribution in [3.63, 3.8) is 0 Å². The van der Waals surface area contributed by atoms with E-state index >= 15 is 0 Å². The SMILES string of the molecule is C#CCOCCOCCNC(=O)CCC(CCC(=O)NCCOCCOCC#C)(CCC(=O)NCCOCCOCC#C)NC(=O)CCCC(=O)NCCCCCCOP(C)([O-])=S. The Labute approximate surface area is 380 Å². The number of carbonyl (C=O) groups is 5. The summed E-state index contributed by atoms with van der Waals surface area (Å²) in [6, 6.07) is 0. The first-order chi connectivity index (χ1) is 30.4. The predicted octanol–water partition coefficient (Wildman–Crippen LogP) is 0.693. The van der Waals surface area contributed by atoms with Gasteiger partial charge in [-0.3, -0.25) is 24.0 Å². The maximum Gasteiger partial charge on any atom is 0.220 e. The molecule has 0 saturated heterocycles. The molecule has 0 spiro atoms. The van der Waals surface area contributed by atoms with Crippen molar-refractivity contribution in [1.29, 1.82) is 0 Å². The van der Waals surface area contributed by atoms with Gasteiger partial charge in [0.15, 0.2) is 0 Å². The van der Waals surface area contributed by atoms with Crippen molar-refractivity contribution < 1.29 is 61.8 Å². The minimum absolute atomic E-state index is 0.00289. The van der Waals surface area contributed by atoms with Gasteiger partial charge in [-0.15, -0.1) is 19.3 Å². The van der Waals surface area contributed by atoms with Crippen molar-refractivity contribution >= 4 is 47.8 Å². The third-order valence-corrected chi connectivity index (χ3v) is 9.77. The molecule has 0 radical (unpaired) electrons. The van der Waals surface area contributed by atoms with Crippen LogP contribution in [0.4, 0.5) is 0 Å². The number of nitrogens with one attached hydrogen (secondary N) is 5. The number of hydrogen-bond acceptors (Lipinski definition) is 14. The quantitative estimate of drug-likeness (QED) is 0.0322. The molecule has 18 nitrogen and oxygen atoms in total. The summed E-state index contributed by atoms with van der Waals surface area (Å²) in [5.41, 5.74) is -1.14. The van der Waals surface area contributed by atoms with E-state index in [9.17, 15) is 28.9 Å². The lowest BCUT2D eigenvalue weighted by Crippen LogP contribution is -2.50. The average molecular weight is 929 g/mol. The van der Waals surface area contributed by atoms with Crippen molar-refractivity contribution in [2.45, 2.75) is 89.0 Å². The molecule has 0 aromatic rings. The molecule has 0 saturated carbocycles.